The summed E-state index contributed by atoms with van der Waals surface area (Å²) in [7, 11) is -3.85. The molecule has 0 saturated heterocycles. The zero-order valence-corrected chi connectivity index (χ0v) is 71.4. The third kappa shape index (κ3) is 30.8. The lowest BCUT2D eigenvalue weighted by atomic mass is 9.93. The molecule has 0 saturated carbocycles. The molecule has 0 fully saturated rings. The van der Waals surface area contributed by atoms with E-state index in [1.807, 2.05) is 58.4 Å². The summed E-state index contributed by atoms with van der Waals surface area (Å²) in [5.41, 5.74) is 5.68. The Morgan fingerprint density at radius 3 is 1.01 bits per heavy atom. The van der Waals surface area contributed by atoms with E-state index in [2.05, 4.69) is 51.8 Å². The van der Waals surface area contributed by atoms with Crippen molar-refractivity contribution in [1.29, 1.82) is 0 Å². The molecule has 0 bridgehead atoms. The number of halogens is 26. The second-order valence-electron chi connectivity index (χ2n) is 31.4. The normalized spacial score (nSPS) is 15.0. The molecule has 3 N–H and O–H groups in total. The van der Waals surface area contributed by atoms with Gasteiger partial charge in [-0.1, -0.05) is 201 Å². The van der Waals surface area contributed by atoms with E-state index in [9.17, 15) is 129 Å². The molecule has 3 rings (SSSR count). The maximum absolute atomic E-state index is 14.5. The number of phenolic OH excluding ortho intramolecular Hbond substituents is 3. The molecule has 0 aliphatic carbocycles. The first kappa shape index (κ1) is 107. The lowest BCUT2D eigenvalue weighted by Crippen LogP contribution is -2.70. The van der Waals surface area contributed by atoms with E-state index in [-0.39, 0.29) is 31.4 Å². The van der Waals surface area contributed by atoms with Gasteiger partial charge in [0.25, 0.3) is 0 Å². The van der Waals surface area contributed by atoms with Gasteiger partial charge in [-0.2, -0.15) is 114 Å². The molecule has 3 aromatic rings. The van der Waals surface area contributed by atoms with Gasteiger partial charge in [0.1, 0.15) is 17.2 Å². The van der Waals surface area contributed by atoms with Gasteiger partial charge in [0.15, 0.2) is 16.6 Å². The lowest BCUT2D eigenvalue weighted by molar-refractivity contribution is -0.439. The fourth-order valence-corrected chi connectivity index (χ4v) is 20.3. The van der Waals surface area contributed by atoms with Crippen LogP contribution < -0.4 is 0 Å². The van der Waals surface area contributed by atoms with Crippen molar-refractivity contribution in [3.05, 3.63) is 101 Å². The van der Waals surface area contributed by atoms with Crippen LogP contribution in [-0.2, 0) is 28.1 Å². The monoisotopic (exact) mass is 1740 g/mol. The zero-order valence-electron chi connectivity index (χ0n) is 66.6. The Kier molecular flexibility index (Phi) is 43.3. The van der Waals surface area contributed by atoms with Crippen LogP contribution in [0, 0.1) is 20.8 Å². The smallest absolute Gasteiger partial charge is 0.460 e. The highest BCUT2D eigenvalue weighted by atomic mass is 28.4. The van der Waals surface area contributed by atoms with Gasteiger partial charge >= 0.3 is 71.6 Å². The number of rotatable bonds is 52. The molecule has 113 heavy (non-hydrogen) atoms. The van der Waals surface area contributed by atoms with Crippen molar-refractivity contribution in [2.24, 2.45) is 0 Å². The summed E-state index contributed by atoms with van der Waals surface area (Å²) in [6.07, 6.45) is 6.70. The first-order valence-electron chi connectivity index (χ1n) is 38.6. The molecule has 4 atom stereocenters. The van der Waals surface area contributed by atoms with E-state index in [0.717, 1.165) is 41.5 Å². The predicted octanol–water partition coefficient (Wildman–Crippen LogP) is 27.8. The van der Waals surface area contributed by atoms with Gasteiger partial charge in [0.2, 0.25) is 0 Å². The van der Waals surface area contributed by atoms with Crippen molar-refractivity contribution in [3.63, 3.8) is 0 Å². The van der Waals surface area contributed by atoms with E-state index in [4.69, 9.17) is 8.85 Å². The fraction of sp³-hybridized carbons (Fsp3) is 0.744. The standard InChI is InChI=1S/C36H44F26OSi2.C26H50O3Si2.C16H24O/c1-20-11-13-22(19-24(20)63)9-7-5-3-4-6-8-10-23(65-18-16-26(39,40)28(43,44)30(47,48)32(51,52)34(55,56)36(60,61)62)14-12-21(2)64-17-15-25(37,38)27(41,42)29(45,46)31(49,50)33(53,54)35(57,58)59;1-22-17-19-24(21-26(22)27)15-13-11-9-10-12-14-16-25(31(7,8)29-4)20-18-23(2)30(5,6)28-3;1-3-4-5-6-7-8-9-10-15-12-11-14(2)16(17)13-15/h11,13,19,21,23,63H,3-10,12,14-18,64-65H2,1-2H3;17,19,21,23,25,27H,9-16,18,20H2,1-8H3;3,11-13,17H,1,4-10H2,2H3. The lowest BCUT2D eigenvalue weighted by Gasteiger charge is -2.39. The summed E-state index contributed by atoms with van der Waals surface area (Å²) < 4.78 is 363. The molecular formula is C78H118F26O5Si4. The summed E-state index contributed by atoms with van der Waals surface area (Å²) in [5.74, 6) is -74.7. The van der Waals surface area contributed by atoms with Crippen LogP contribution in [-0.4, -0.2) is 137 Å². The minimum Gasteiger partial charge on any atom is -0.508 e. The van der Waals surface area contributed by atoms with Crippen molar-refractivity contribution < 1.29 is 138 Å². The van der Waals surface area contributed by atoms with Crippen LogP contribution in [0.2, 0.25) is 60.4 Å². The second kappa shape index (κ2) is 45.8. The number of unbranched alkanes of at least 4 members (excludes halogenated alkanes) is 15. The van der Waals surface area contributed by atoms with Crippen molar-refractivity contribution in [2.75, 3.05) is 14.2 Å². The van der Waals surface area contributed by atoms with Crippen LogP contribution in [0.5, 0.6) is 17.2 Å². The number of phenols is 3. The Balaban J connectivity index is 0.00000108. The third-order valence-electron chi connectivity index (χ3n) is 21.8. The number of aryl methyl sites for hydroxylation is 6. The quantitative estimate of drug-likeness (QED) is 0.0227. The number of hydrogen-bond donors (Lipinski definition) is 3. The van der Waals surface area contributed by atoms with Gasteiger partial charge in [-0.05, 0) is 161 Å². The van der Waals surface area contributed by atoms with E-state index in [1.54, 1.807) is 25.1 Å². The molecule has 3 aromatic carbocycles. The maximum atomic E-state index is 14.5. The largest absolute Gasteiger partial charge is 0.508 e. The number of hydrogen-bond acceptors (Lipinski definition) is 5. The topological polar surface area (TPSA) is 79.2 Å². The van der Waals surface area contributed by atoms with Gasteiger partial charge in [-0.25, -0.2) is 0 Å². The maximum Gasteiger partial charge on any atom is 0.460 e. The SMILES string of the molecule is C=CCCCCCCCc1ccc(C)c(O)c1.CO[Si](C)(C)C(C)CCC(CCCCCCCCc1ccc(C)c(O)c1)[Si](C)(C)OC.Cc1ccc(CCCCCCCCC(CCC(C)[SiH2]CCC(F)(F)C(F)(F)C(F)(F)C(F)(F)C(F)(F)C(F)(F)F)[SiH2]CCC(F)(F)C(F)(F)C(F)(F)C(F)(F)C(F)(F)C(F)(F)F)cc1O. The van der Waals surface area contributed by atoms with E-state index < -0.39 is 143 Å². The van der Waals surface area contributed by atoms with Crippen LogP contribution in [0.1, 0.15) is 214 Å². The minimum absolute atomic E-state index is 0.0350. The molecule has 5 nitrogen and oxygen atoms in total. The van der Waals surface area contributed by atoms with E-state index in [1.165, 1.54) is 108 Å². The van der Waals surface area contributed by atoms with Gasteiger partial charge in [0.05, 0.1) is 0 Å². The Hall–Kier alpha value is -4.23. The second-order valence-corrected chi connectivity index (χ2v) is 45.6. The van der Waals surface area contributed by atoms with Crippen molar-refractivity contribution >= 4 is 35.7 Å². The number of alkyl halides is 26. The van der Waals surface area contributed by atoms with Crippen LogP contribution in [0.3, 0.4) is 0 Å². The molecule has 4 unspecified atom stereocenters. The molecule has 0 heterocycles. The fourth-order valence-electron chi connectivity index (χ4n) is 12.8. The van der Waals surface area contributed by atoms with E-state index >= 15 is 0 Å². The third-order valence-corrected chi connectivity index (χ3v) is 33.7. The van der Waals surface area contributed by atoms with Crippen LogP contribution in [0.25, 0.3) is 0 Å². The van der Waals surface area contributed by atoms with Gasteiger partial charge < -0.3 is 24.2 Å². The summed E-state index contributed by atoms with van der Waals surface area (Å²) in [6.45, 7) is 22.3. The Labute approximate surface area is 656 Å². The average molecular weight is 1740 g/mol. The van der Waals surface area contributed by atoms with Crippen LogP contribution >= 0.6 is 0 Å². The van der Waals surface area contributed by atoms with Gasteiger partial charge in [0, 0.05) is 46.1 Å². The van der Waals surface area contributed by atoms with Crippen molar-refractivity contribution in [1.82, 2.24) is 0 Å². The van der Waals surface area contributed by atoms with Crippen LogP contribution in [0.4, 0.5) is 114 Å². The summed E-state index contributed by atoms with van der Waals surface area (Å²) in [6, 6.07) is 14.8. The molecule has 0 radical (unpaired) electrons. The summed E-state index contributed by atoms with van der Waals surface area (Å²) in [4.78, 5) is 0. The molecule has 35 heteroatoms. The molecule has 0 aromatic heterocycles. The van der Waals surface area contributed by atoms with Crippen molar-refractivity contribution in [3.8, 4) is 17.2 Å². The van der Waals surface area contributed by atoms with Crippen LogP contribution in [0.15, 0.2) is 67.3 Å². The minimum atomic E-state index is -8.09. The molecule has 0 amide bonds. The average Bonchev–Trinajstić information content (AvgIpc) is 0.717. The first-order valence-corrected chi connectivity index (χ1v) is 48.2. The summed E-state index contributed by atoms with van der Waals surface area (Å²) >= 11 is 0. The highest BCUT2D eigenvalue weighted by molar-refractivity contribution is 6.73. The summed E-state index contributed by atoms with van der Waals surface area (Å²) in [5, 5.41) is 29.2. The zero-order chi connectivity index (χ0) is 87.3. The highest BCUT2D eigenvalue weighted by Gasteiger charge is 2.92. The van der Waals surface area contributed by atoms with Gasteiger partial charge in [-0.15, -0.1) is 6.58 Å². The number of benzene rings is 3. The Morgan fingerprint density at radius 1 is 0.372 bits per heavy atom. The number of aromatic hydroxyl groups is 3. The highest BCUT2D eigenvalue weighted by Crippen LogP contribution is 2.63. The Morgan fingerprint density at radius 2 is 0.681 bits per heavy atom. The predicted molar refractivity (Wildman–Crippen MR) is 403 cm³/mol. The van der Waals surface area contributed by atoms with E-state index in [0.29, 0.717) is 61.1 Å². The first-order chi connectivity index (χ1) is 51.6. The van der Waals surface area contributed by atoms with Gasteiger partial charge in [-0.3, -0.25) is 0 Å². The molecular weight excluding hydrogens is 1620 g/mol. The Bertz CT molecular complexity index is 3220. The molecule has 0 aliphatic rings. The molecule has 658 valence electrons. The number of allylic oxidation sites excluding steroid dienone is 1. The van der Waals surface area contributed by atoms with Crippen molar-refractivity contribution in [2.45, 2.75) is 353 Å². The molecule has 0 spiro atoms. The molecule has 0 aliphatic heterocycles.